The number of nitrogens with zero attached hydrogens (tertiary/aromatic N) is 2. The average molecular weight is 416 g/mol. The zero-order valence-electron chi connectivity index (χ0n) is 16.5. The Morgan fingerprint density at radius 3 is 2.39 bits per heavy atom. The Balaban J connectivity index is 1.78. The Morgan fingerprint density at radius 2 is 1.68 bits per heavy atom. The van der Waals surface area contributed by atoms with Gasteiger partial charge in [0.15, 0.2) is 0 Å². The fraction of sp³-hybridized carbons (Fsp3) is 0.348. The molecule has 5 heteroatoms. The van der Waals surface area contributed by atoms with Gasteiger partial charge in [0.25, 0.3) is 0 Å². The summed E-state index contributed by atoms with van der Waals surface area (Å²) in [4.78, 5) is 6.90. The summed E-state index contributed by atoms with van der Waals surface area (Å²) in [5.74, 6) is 0.397. The van der Waals surface area contributed by atoms with Gasteiger partial charge in [-0.3, -0.25) is 4.98 Å². The Bertz CT molecular complexity index is 892. The van der Waals surface area contributed by atoms with E-state index < -0.39 is 0 Å². The topological polar surface area (TPSA) is 28.2 Å². The number of nitrogens with one attached hydrogen (secondary N) is 1. The molecule has 1 N–H and O–H groups in total. The Kier molecular flexibility index (Phi) is 7.55. The number of aromatic nitrogens is 1. The van der Waals surface area contributed by atoms with Gasteiger partial charge in [-0.1, -0.05) is 49.2 Å². The molecule has 0 saturated carbocycles. The van der Waals surface area contributed by atoms with Crippen molar-refractivity contribution in [2.75, 3.05) is 31.5 Å². The number of hydrogen-bond donors (Lipinski definition) is 1. The first kappa shape index (κ1) is 20.9. The summed E-state index contributed by atoms with van der Waals surface area (Å²) in [6, 6.07) is 16.1. The van der Waals surface area contributed by atoms with Crippen molar-refractivity contribution in [3.05, 3.63) is 70.3 Å². The number of halogens is 2. The second-order valence-corrected chi connectivity index (χ2v) is 7.84. The molecule has 1 aromatic heterocycles. The van der Waals surface area contributed by atoms with E-state index in [0.29, 0.717) is 10.9 Å². The molecule has 2 aromatic carbocycles. The summed E-state index contributed by atoms with van der Waals surface area (Å²) in [5, 5.41) is 6.21. The Hall–Kier alpha value is -1.81. The van der Waals surface area contributed by atoms with Crippen LogP contribution in [0, 0.1) is 0 Å². The average Bonchev–Trinajstić information content (AvgIpc) is 2.71. The van der Waals surface area contributed by atoms with Crippen molar-refractivity contribution in [2.45, 2.75) is 26.2 Å². The van der Waals surface area contributed by atoms with E-state index in [-0.39, 0.29) is 0 Å². The molecule has 0 spiro atoms. The van der Waals surface area contributed by atoms with Gasteiger partial charge in [-0.15, -0.1) is 0 Å². The maximum atomic E-state index is 6.11. The van der Waals surface area contributed by atoms with Crippen LogP contribution in [-0.2, 0) is 0 Å². The lowest BCUT2D eigenvalue weighted by atomic mass is 9.95. The third kappa shape index (κ3) is 5.38. The SMILES string of the molecule is CCN(CC)CCC(CNc1ccnc2cc(Cl)ccc12)c1ccc(Cl)cc1. The van der Waals surface area contributed by atoms with Gasteiger partial charge in [0, 0.05) is 39.8 Å². The van der Waals surface area contributed by atoms with E-state index in [4.69, 9.17) is 23.2 Å². The molecule has 1 atom stereocenters. The number of rotatable bonds is 9. The van der Waals surface area contributed by atoms with Crippen LogP contribution in [0.3, 0.4) is 0 Å². The first-order chi connectivity index (χ1) is 13.6. The molecule has 0 bridgehead atoms. The van der Waals surface area contributed by atoms with Gasteiger partial charge in [-0.05, 0) is 68.0 Å². The molecule has 0 fully saturated rings. The second-order valence-electron chi connectivity index (χ2n) is 6.96. The molecule has 3 rings (SSSR count). The molecular formula is C23H27Cl2N3. The third-order valence-electron chi connectivity index (χ3n) is 5.27. The van der Waals surface area contributed by atoms with Crippen LogP contribution in [0.4, 0.5) is 5.69 Å². The molecule has 0 saturated heterocycles. The lowest BCUT2D eigenvalue weighted by Gasteiger charge is -2.24. The Labute approximate surface area is 177 Å². The minimum absolute atomic E-state index is 0.397. The summed E-state index contributed by atoms with van der Waals surface area (Å²) < 4.78 is 0. The Morgan fingerprint density at radius 1 is 0.964 bits per heavy atom. The van der Waals surface area contributed by atoms with Crippen LogP contribution in [0.5, 0.6) is 0 Å². The molecule has 1 unspecified atom stereocenters. The summed E-state index contributed by atoms with van der Waals surface area (Å²) in [6.45, 7) is 8.51. The van der Waals surface area contributed by atoms with Crippen molar-refractivity contribution in [3.63, 3.8) is 0 Å². The van der Waals surface area contributed by atoms with E-state index in [1.165, 1.54) is 5.56 Å². The second kappa shape index (κ2) is 10.1. The van der Waals surface area contributed by atoms with Crippen molar-refractivity contribution in [1.29, 1.82) is 0 Å². The fourth-order valence-corrected chi connectivity index (χ4v) is 3.80. The monoisotopic (exact) mass is 415 g/mol. The molecule has 0 radical (unpaired) electrons. The number of benzene rings is 2. The van der Waals surface area contributed by atoms with Gasteiger partial charge in [0.1, 0.15) is 0 Å². The zero-order valence-corrected chi connectivity index (χ0v) is 18.0. The number of pyridine rings is 1. The molecule has 148 valence electrons. The molecule has 0 aliphatic heterocycles. The van der Waals surface area contributed by atoms with Gasteiger partial charge in [-0.2, -0.15) is 0 Å². The number of anilines is 1. The molecule has 0 amide bonds. The summed E-state index contributed by atoms with van der Waals surface area (Å²) >= 11 is 12.2. The molecule has 3 nitrogen and oxygen atoms in total. The smallest absolute Gasteiger partial charge is 0.0737 e. The summed E-state index contributed by atoms with van der Waals surface area (Å²) in [7, 11) is 0. The van der Waals surface area contributed by atoms with Gasteiger partial charge < -0.3 is 10.2 Å². The normalized spacial score (nSPS) is 12.5. The molecule has 28 heavy (non-hydrogen) atoms. The minimum Gasteiger partial charge on any atom is -0.384 e. The van der Waals surface area contributed by atoms with Gasteiger partial charge in [-0.25, -0.2) is 0 Å². The first-order valence-corrected chi connectivity index (χ1v) is 10.6. The summed E-state index contributed by atoms with van der Waals surface area (Å²) in [5.41, 5.74) is 3.30. The maximum Gasteiger partial charge on any atom is 0.0737 e. The predicted molar refractivity (Wildman–Crippen MR) is 122 cm³/mol. The van der Waals surface area contributed by atoms with Crippen LogP contribution < -0.4 is 5.32 Å². The molecule has 1 heterocycles. The predicted octanol–water partition coefficient (Wildman–Crippen LogP) is 6.47. The lowest BCUT2D eigenvalue weighted by molar-refractivity contribution is 0.291. The molecular weight excluding hydrogens is 389 g/mol. The maximum absolute atomic E-state index is 6.11. The van der Waals surface area contributed by atoms with Gasteiger partial charge >= 0.3 is 0 Å². The van der Waals surface area contributed by atoms with Gasteiger partial charge in [0.05, 0.1) is 5.52 Å². The summed E-state index contributed by atoms with van der Waals surface area (Å²) in [6.07, 6.45) is 2.92. The minimum atomic E-state index is 0.397. The largest absolute Gasteiger partial charge is 0.384 e. The highest BCUT2D eigenvalue weighted by Crippen LogP contribution is 2.27. The highest BCUT2D eigenvalue weighted by atomic mass is 35.5. The number of hydrogen-bond acceptors (Lipinski definition) is 3. The fourth-order valence-electron chi connectivity index (χ4n) is 3.51. The van der Waals surface area contributed by atoms with Crippen LogP contribution in [-0.4, -0.2) is 36.1 Å². The highest BCUT2D eigenvalue weighted by Gasteiger charge is 2.14. The van der Waals surface area contributed by atoms with Gasteiger partial charge in [0.2, 0.25) is 0 Å². The zero-order chi connectivity index (χ0) is 19.9. The van der Waals surface area contributed by atoms with E-state index in [1.807, 2.05) is 42.6 Å². The van der Waals surface area contributed by atoms with Crippen molar-refractivity contribution in [3.8, 4) is 0 Å². The number of fused-ring (bicyclic) bond motifs is 1. The van der Waals surface area contributed by atoms with Crippen molar-refractivity contribution in [1.82, 2.24) is 9.88 Å². The van der Waals surface area contributed by atoms with Crippen molar-refractivity contribution < 1.29 is 0 Å². The van der Waals surface area contributed by atoms with E-state index >= 15 is 0 Å². The van der Waals surface area contributed by atoms with Crippen molar-refractivity contribution in [2.24, 2.45) is 0 Å². The van der Waals surface area contributed by atoms with Crippen LogP contribution in [0.15, 0.2) is 54.7 Å². The molecule has 0 aliphatic rings. The standard InChI is InChI=1S/C23H27Cl2N3/c1-3-28(4-2)14-12-18(17-5-7-19(24)8-6-17)16-27-22-11-13-26-23-15-20(25)9-10-21(22)23/h5-11,13,15,18H,3-4,12,14,16H2,1-2H3,(H,26,27). The highest BCUT2D eigenvalue weighted by molar-refractivity contribution is 6.31. The first-order valence-electron chi connectivity index (χ1n) is 9.86. The van der Waals surface area contributed by atoms with Crippen LogP contribution in [0.2, 0.25) is 10.0 Å². The van der Waals surface area contributed by atoms with E-state index in [2.05, 4.69) is 41.2 Å². The third-order valence-corrected chi connectivity index (χ3v) is 5.76. The van der Waals surface area contributed by atoms with E-state index in [0.717, 1.165) is 54.2 Å². The molecule has 0 aliphatic carbocycles. The quantitative estimate of drug-likeness (QED) is 0.433. The van der Waals surface area contributed by atoms with E-state index in [9.17, 15) is 0 Å². The molecule has 3 aromatic rings. The van der Waals surface area contributed by atoms with E-state index in [1.54, 1.807) is 0 Å². The van der Waals surface area contributed by atoms with Crippen LogP contribution in [0.25, 0.3) is 10.9 Å². The van der Waals surface area contributed by atoms with Crippen molar-refractivity contribution >= 4 is 39.8 Å². The van der Waals surface area contributed by atoms with Crippen LogP contribution >= 0.6 is 23.2 Å². The lowest BCUT2D eigenvalue weighted by Crippen LogP contribution is -2.26. The van der Waals surface area contributed by atoms with Crippen LogP contribution in [0.1, 0.15) is 31.7 Å².